The molecule has 8 heteroatoms. The van der Waals surface area contributed by atoms with E-state index in [1.165, 1.54) is 17.4 Å². The highest BCUT2D eigenvalue weighted by molar-refractivity contribution is 7.22. The molecular formula is C22H23F2N3O2S. The lowest BCUT2D eigenvalue weighted by molar-refractivity contribution is 0.0391. The van der Waals surface area contributed by atoms with Gasteiger partial charge in [-0.05, 0) is 43.2 Å². The maximum Gasteiger partial charge on any atom is 0.260 e. The molecule has 1 saturated heterocycles. The fourth-order valence-corrected chi connectivity index (χ4v) is 4.63. The van der Waals surface area contributed by atoms with Crippen LogP contribution in [-0.4, -0.2) is 55.2 Å². The van der Waals surface area contributed by atoms with Crippen molar-refractivity contribution >= 4 is 32.6 Å². The Morgan fingerprint density at radius 2 is 1.87 bits per heavy atom. The van der Waals surface area contributed by atoms with Crippen LogP contribution in [0.1, 0.15) is 21.5 Å². The van der Waals surface area contributed by atoms with Gasteiger partial charge in [0.1, 0.15) is 0 Å². The van der Waals surface area contributed by atoms with Gasteiger partial charge in [0.2, 0.25) is 0 Å². The second-order valence-corrected chi connectivity index (χ2v) is 8.39. The number of amides is 1. The molecule has 3 aromatic rings. The molecule has 1 amide bonds. The predicted octanol–water partition coefficient (Wildman–Crippen LogP) is 4.17. The van der Waals surface area contributed by atoms with Gasteiger partial charge in [0.05, 0.1) is 23.4 Å². The molecule has 1 aliphatic heterocycles. The molecule has 0 aliphatic carbocycles. The van der Waals surface area contributed by atoms with Crippen LogP contribution >= 0.6 is 11.3 Å². The van der Waals surface area contributed by atoms with E-state index in [9.17, 15) is 13.6 Å². The molecule has 158 valence electrons. The lowest BCUT2D eigenvalue weighted by Gasteiger charge is -2.29. The van der Waals surface area contributed by atoms with Crippen LogP contribution in [0.15, 0.2) is 30.3 Å². The number of anilines is 1. The topological polar surface area (TPSA) is 45.7 Å². The molecular weight excluding hydrogens is 408 g/mol. The molecule has 0 N–H and O–H groups in total. The average molecular weight is 432 g/mol. The van der Waals surface area contributed by atoms with Crippen molar-refractivity contribution in [3.63, 3.8) is 0 Å². The van der Waals surface area contributed by atoms with Gasteiger partial charge >= 0.3 is 0 Å². The molecule has 4 rings (SSSR count). The molecule has 1 aliphatic rings. The van der Waals surface area contributed by atoms with Gasteiger partial charge in [-0.15, -0.1) is 0 Å². The summed E-state index contributed by atoms with van der Waals surface area (Å²) < 4.78 is 33.6. The molecule has 0 unspecified atom stereocenters. The number of hydrogen-bond acceptors (Lipinski definition) is 5. The van der Waals surface area contributed by atoms with Crippen LogP contribution in [0, 0.1) is 25.5 Å². The first-order valence-corrected chi connectivity index (χ1v) is 10.7. The summed E-state index contributed by atoms with van der Waals surface area (Å²) in [5.74, 6) is -2.40. The first-order chi connectivity index (χ1) is 14.4. The van der Waals surface area contributed by atoms with Crippen molar-refractivity contribution in [3.05, 3.63) is 58.7 Å². The molecule has 1 aromatic heterocycles. The summed E-state index contributed by atoms with van der Waals surface area (Å²) in [5.41, 5.74) is 3.09. The molecule has 2 aromatic carbocycles. The number of fused-ring (bicyclic) bond motifs is 1. The number of carbonyl (C=O) groups is 1. The van der Waals surface area contributed by atoms with E-state index in [0.29, 0.717) is 31.4 Å². The maximum absolute atomic E-state index is 13.8. The largest absolute Gasteiger partial charge is 0.379 e. The van der Waals surface area contributed by atoms with Crippen LogP contribution in [0.25, 0.3) is 10.2 Å². The molecule has 0 bridgehead atoms. The van der Waals surface area contributed by atoms with E-state index in [0.717, 1.165) is 46.6 Å². The predicted molar refractivity (Wildman–Crippen MR) is 114 cm³/mol. The van der Waals surface area contributed by atoms with E-state index in [-0.39, 0.29) is 5.56 Å². The molecule has 0 spiro atoms. The summed E-state index contributed by atoms with van der Waals surface area (Å²) in [4.78, 5) is 21.8. The number of aryl methyl sites for hydroxylation is 2. The van der Waals surface area contributed by atoms with Crippen LogP contribution < -0.4 is 4.90 Å². The number of aromatic nitrogens is 1. The third kappa shape index (κ3) is 4.21. The Balaban J connectivity index is 1.69. The van der Waals surface area contributed by atoms with Crippen molar-refractivity contribution in [2.75, 3.05) is 44.3 Å². The third-order valence-electron chi connectivity index (χ3n) is 5.32. The zero-order valence-corrected chi connectivity index (χ0v) is 17.8. The lowest BCUT2D eigenvalue weighted by atomic mass is 10.1. The molecule has 0 saturated carbocycles. The zero-order valence-electron chi connectivity index (χ0n) is 17.0. The highest BCUT2D eigenvalue weighted by Crippen LogP contribution is 2.33. The fourth-order valence-electron chi connectivity index (χ4n) is 3.50. The second-order valence-electron chi connectivity index (χ2n) is 7.41. The smallest absolute Gasteiger partial charge is 0.260 e. The van der Waals surface area contributed by atoms with E-state index in [1.807, 2.05) is 26.0 Å². The van der Waals surface area contributed by atoms with Crippen LogP contribution in [0.4, 0.5) is 13.9 Å². The van der Waals surface area contributed by atoms with Gasteiger partial charge in [0.25, 0.3) is 5.91 Å². The average Bonchev–Trinajstić information content (AvgIpc) is 3.20. The van der Waals surface area contributed by atoms with Gasteiger partial charge < -0.3 is 4.74 Å². The quantitative estimate of drug-likeness (QED) is 0.608. The fraction of sp³-hybridized carbons (Fsp3) is 0.364. The number of ether oxygens (including phenoxy) is 1. The second kappa shape index (κ2) is 8.75. The molecule has 0 radical (unpaired) electrons. The van der Waals surface area contributed by atoms with E-state index in [1.54, 1.807) is 4.90 Å². The number of benzene rings is 2. The van der Waals surface area contributed by atoms with Crippen molar-refractivity contribution in [2.24, 2.45) is 0 Å². The Morgan fingerprint density at radius 3 is 2.57 bits per heavy atom. The number of hydrogen-bond donors (Lipinski definition) is 0. The summed E-state index contributed by atoms with van der Waals surface area (Å²) in [6, 6.07) is 7.29. The summed E-state index contributed by atoms with van der Waals surface area (Å²) >= 11 is 1.45. The Morgan fingerprint density at radius 1 is 1.13 bits per heavy atom. The Kier molecular flexibility index (Phi) is 6.08. The van der Waals surface area contributed by atoms with E-state index in [2.05, 4.69) is 4.90 Å². The van der Waals surface area contributed by atoms with Crippen LogP contribution in [0.5, 0.6) is 0 Å². The van der Waals surface area contributed by atoms with E-state index < -0.39 is 17.5 Å². The minimum atomic E-state index is -1.04. The normalized spacial score (nSPS) is 14.9. The zero-order chi connectivity index (χ0) is 21.3. The number of rotatable bonds is 5. The maximum atomic E-state index is 13.8. The molecule has 2 heterocycles. The first kappa shape index (κ1) is 20.8. The molecule has 30 heavy (non-hydrogen) atoms. The number of thiazole rings is 1. The SMILES string of the molecule is Cc1ccc(C)c2sc(N(CCN3CCOCC3)C(=O)c3ccc(F)c(F)c3)nc12. The van der Waals surface area contributed by atoms with Crippen LogP contribution in [0.3, 0.4) is 0 Å². The Labute approximate surface area is 177 Å². The van der Waals surface area contributed by atoms with Gasteiger partial charge in [-0.2, -0.15) is 0 Å². The van der Waals surface area contributed by atoms with Crippen molar-refractivity contribution < 1.29 is 18.3 Å². The third-order valence-corrected chi connectivity index (χ3v) is 6.53. The summed E-state index contributed by atoms with van der Waals surface area (Å²) in [6.07, 6.45) is 0. The number of morpholine rings is 1. The summed E-state index contributed by atoms with van der Waals surface area (Å²) in [7, 11) is 0. The van der Waals surface area contributed by atoms with Crippen molar-refractivity contribution in [1.29, 1.82) is 0 Å². The number of halogens is 2. The van der Waals surface area contributed by atoms with Gasteiger partial charge in [0, 0.05) is 31.7 Å². The minimum absolute atomic E-state index is 0.101. The van der Waals surface area contributed by atoms with Crippen molar-refractivity contribution in [1.82, 2.24) is 9.88 Å². The molecule has 5 nitrogen and oxygen atoms in total. The van der Waals surface area contributed by atoms with E-state index >= 15 is 0 Å². The van der Waals surface area contributed by atoms with Crippen LogP contribution in [0.2, 0.25) is 0 Å². The first-order valence-electron chi connectivity index (χ1n) is 9.88. The minimum Gasteiger partial charge on any atom is -0.379 e. The lowest BCUT2D eigenvalue weighted by Crippen LogP contribution is -2.43. The highest BCUT2D eigenvalue weighted by atomic mass is 32.1. The number of carbonyl (C=O) groups excluding carboxylic acids is 1. The molecule has 0 atom stereocenters. The standard InChI is InChI=1S/C22H23F2N3O2S/c1-14-3-4-15(2)20-19(14)25-22(30-20)27(8-7-26-9-11-29-12-10-26)21(28)16-5-6-17(23)18(24)13-16/h3-6,13H,7-12H2,1-2H3. The van der Waals surface area contributed by atoms with Crippen LogP contribution in [-0.2, 0) is 4.74 Å². The van der Waals surface area contributed by atoms with E-state index in [4.69, 9.17) is 9.72 Å². The van der Waals surface area contributed by atoms with Gasteiger partial charge in [0.15, 0.2) is 16.8 Å². The van der Waals surface area contributed by atoms with Crippen molar-refractivity contribution in [3.8, 4) is 0 Å². The van der Waals surface area contributed by atoms with Gasteiger partial charge in [-0.25, -0.2) is 13.8 Å². The summed E-state index contributed by atoms with van der Waals surface area (Å²) in [5, 5.41) is 0.561. The Hall–Kier alpha value is -2.42. The van der Waals surface area contributed by atoms with Gasteiger partial charge in [-0.3, -0.25) is 14.6 Å². The van der Waals surface area contributed by atoms with Crippen molar-refractivity contribution in [2.45, 2.75) is 13.8 Å². The highest BCUT2D eigenvalue weighted by Gasteiger charge is 2.24. The van der Waals surface area contributed by atoms with Gasteiger partial charge in [-0.1, -0.05) is 23.5 Å². The Bertz CT molecular complexity index is 1040. The number of nitrogens with zero attached hydrogens (tertiary/aromatic N) is 3. The summed E-state index contributed by atoms with van der Waals surface area (Å²) in [6.45, 7) is 7.96. The molecule has 1 fully saturated rings. The monoisotopic (exact) mass is 431 g/mol.